The molecule has 104 valence electrons. The Labute approximate surface area is 115 Å². The minimum atomic E-state index is -0.832. The third-order valence-corrected chi connectivity index (χ3v) is 4.71. The zero-order valence-corrected chi connectivity index (χ0v) is 11.6. The topological polar surface area (TPSA) is 77.2 Å². The molecule has 1 aromatic rings. The third-order valence-electron chi connectivity index (χ3n) is 3.78. The molecule has 0 aliphatic carbocycles. The lowest BCUT2D eigenvalue weighted by Gasteiger charge is -2.22. The quantitative estimate of drug-likeness (QED) is 0.825. The first kappa shape index (κ1) is 12.9. The second-order valence-corrected chi connectivity index (χ2v) is 5.92. The van der Waals surface area contributed by atoms with Crippen molar-refractivity contribution in [3.8, 4) is 0 Å². The molecule has 7 heteroatoms. The average Bonchev–Trinajstić information content (AvgIpc) is 3.09. The number of aromatic nitrogens is 3. The van der Waals surface area contributed by atoms with Crippen LogP contribution in [0.15, 0.2) is 5.16 Å². The van der Waals surface area contributed by atoms with E-state index < -0.39 is 5.97 Å². The first-order valence-corrected chi connectivity index (χ1v) is 7.61. The van der Waals surface area contributed by atoms with Crippen LogP contribution >= 0.6 is 11.8 Å². The van der Waals surface area contributed by atoms with Gasteiger partial charge in [-0.1, -0.05) is 18.7 Å². The summed E-state index contributed by atoms with van der Waals surface area (Å²) in [7, 11) is 0. The number of ether oxygens (including phenoxy) is 1. The number of hydrogen-bond donors (Lipinski definition) is 1. The van der Waals surface area contributed by atoms with Crippen molar-refractivity contribution in [2.24, 2.45) is 0 Å². The molecule has 1 aromatic heterocycles. The SMILES string of the molecule is CCc1nnc(SCC(=O)O)n1C1CC2CCC1O2. The predicted octanol–water partition coefficient (Wildman–Crippen LogP) is 1.51. The molecule has 0 saturated carbocycles. The van der Waals surface area contributed by atoms with Gasteiger partial charge in [-0.3, -0.25) is 4.79 Å². The molecule has 1 N–H and O–H groups in total. The average molecular weight is 283 g/mol. The van der Waals surface area contributed by atoms with E-state index in [4.69, 9.17) is 9.84 Å². The van der Waals surface area contributed by atoms with Crippen LogP contribution in [0.3, 0.4) is 0 Å². The highest BCUT2D eigenvalue weighted by Crippen LogP contribution is 2.43. The largest absolute Gasteiger partial charge is 0.481 e. The number of aryl methyl sites for hydroxylation is 1. The Bertz CT molecular complexity index is 491. The van der Waals surface area contributed by atoms with E-state index in [0.29, 0.717) is 11.3 Å². The summed E-state index contributed by atoms with van der Waals surface area (Å²) in [5, 5.41) is 17.8. The summed E-state index contributed by atoms with van der Waals surface area (Å²) in [6.45, 7) is 2.04. The summed E-state index contributed by atoms with van der Waals surface area (Å²) in [6.07, 6.45) is 4.63. The molecule has 0 aromatic carbocycles. The van der Waals surface area contributed by atoms with E-state index in [1.807, 2.05) is 6.92 Å². The first-order valence-electron chi connectivity index (χ1n) is 6.63. The number of thioether (sulfide) groups is 1. The van der Waals surface area contributed by atoms with Crippen LogP contribution in [-0.2, 0) is 16.0 Å². The van der Waals surface area contributed by atoms with Gasteiger partial charge in [0, 0.05) is 6.42 Å². The number of carbonyl (C=O) groups is 1. The summed E-state index contributed by atoms with van der Waals surface area (Å²) in [4.78, 5) is 10.7. The number of carboxylic acids is 1. The minimum Gasteiger partial charge on any atom is -0.481 e. The van der Waals surface area contributed by atoms with Gasteiger partial charge in [0.05, 0.1) is 24.0 Å². The summed E-state index contributed by atoms with van der Waals surface area (Å²) in [6, 6.07) is 0.278. The van der Waals surface area contributed by atoms with Gasteiger partial charge < -0.3 is 14.4 Å². The van der Waals surface area contributed by atoms with Gasteiger partial charge >= 0.3 is 5.97 Å². The highest BCUT2D eigenvalue weighted by Gasteiger charge is 2.43. The Morgan fingerprint density at radius 1 is 1.53 bits per heavy atom. The maximum Gasteiger partial charge on any atom is 0.313 e. The molecule has 19 heavy (non-hydrogen) atoms. The number of fused-ring (bicyclic) bond motifs is 2. The zero-order chi connectivity index (χ0) is 13.4. The standard InChI is InChI=1S/C12H17N3O3S/c1-2-10-13-14-12(19-6-11(16)17)15(10)8-5-7-3-4-9(8)18-7/h7-9H,2-6H2,1H3,(H,16,17). The fraction of sp³-hybridized carbons (Fsp3) is 0.750. The second-order valence-electron chi connectivity index (χ2n) is 4.98. The van der Waals surface area contributed by atoms with Crippen molar-refractivity contribution in [3.05, 3.63) is 5.82 Å². The maximum absolute atomic E-state index is 10.7. The van der Waals surface area contributed by atoms with Crippen LogP contribution in [0.2, 0.25) is 0 Å². The number of aliphatic carboxylic acids is 1. The first-order chi connectivity index (χ1) is 9.19. The molecular weight excluding hydrogens is 266 g/mol. The lowest BCUT2D eigenvalue weighted by molar-refractivity contribution is -0.133. The van der Waals surface area contributed by atoms with Crippen molar-refractivity contribution in [1.82, 2.24) is 14.8 Å². The molecule has 3 unspecified atom stereocenters. The van der Waals surface area contributed by atoms with Crippen LogP contribution in [-0.4, -0.2) is 43.8 Å². The van der Waals surface area contributed by atoms with E-state index in [1.165, 1.54) is 11.8 Å². The summed E-state index contributed by atoms with van der Waals surface area (Å²) >= 11 is 1.24. The van der Waals surface area contributed by atoms with Gasteiger partial charge in [0.1, 0.15) is 5.82 Å². The molecule has 0 amide bonds. The van der Waals surface area contributed by atoms with Gasteiger partial charge in [0.25, 0.3) is 0 Å². The summed E-state index contributed by atoms with van der Waals surface area (Å²) < 4.78 is 8.00. The number of rotatable bonds is 5. The third kappa shape index (κ3) is 2.36. The van der Waals surface area contributed by atoms with E-state index in [-0.39, 0.29) is 17.9 Å². The Balaban J connectivity index is 1.85. The van der Waals surface area contributed by atoms with Crippen molar-refractivity contribution in [2.45, 2.75) is 56.0 Å². The maximum atomic E-state index is 10.7. The van der Waals surface area contributed by atoms with Crippen molar-refractivity contribution in [2.75, 3.05) is 5.75 Å². The van der Waals surface area contributed by atoms with Gasteiger partial charge in [-0.25, -0.2) is 0 Å². The Hall–Kier alpha value is -1.08. The monoisotopic (exact) mass is 283 g/mol. The fourth-order valence-corrected chi connectivity index (χ4v) is 3.72. The summed E-state index contributed by atoms with van der Waals surface area (Å²) in [5.74, 6) is 0.111. The molecule has 6 nitrogen and oxygen atoms in total. The van der Waals surface area contributed by atoms with Crippen molar-refractivity contribution in [1.29, 1.82) is 0 Å². The van der Waals surface area contributed by atoms with Crippen molar-refractivity contribution in [3.63, 3.8) is 0 Å². The molecule has 0 spiro atoms. The number of hydrogen-bond acceptors (Lipinski definition) is 5. The molecule has 3 atom stereocenters. The molecule has 2 bridgehead atoms. The van der Waals surface area contributed by atoms with Crippen LogP contribution in [0.1, 0.15) is 38.1 Å². The molecule has 0 radical (unpaired) electrons. The molecule has 3 heterocycles. The highest BCUT2D eigenvalue weighted by atomic mass is 32.2. The second kappa shape index (κ2) is 5.13. The Morgan fingerprint density at radius 3 is 2.95 bits per heavy atom. The lowest BCUT2D eigenvalue weighted by Crippen LogP contribution is -2.23. The molecule has 2 aliphatic heterocycles. The van der Waals surface area contributed by atoms with Gasteiger partial charge in [-0.2, -0.15) is 0 Å². The fourth-order valence-electron chi connectivity index (χ4n) is 2.99. The van der Waals surface area contributed by atoms with Gasteiger partial charge in [0.15, 0.2) is 5.16 Å². The van der Waals surface area contributed by atoms with E-state index in [2.05, 4.69) is 14.8 Å². The number of nitrogens with zero attached hydrogens (tertiary/aromatic N) is 3. The highest BCUT2D eigenvalue weighted by molar-refractivity contribution is 7.99. The lowest BCUT2D eigenvalue weighted by atomic mass is 9.95. The number of carboxylic acid groups (broad SMARTS) is 1. The molecule has 2 fully saturated rings. The van der Waals surface area contributed by atoms with Crippen LogP contribution < -0.4 is 0 Å². The minimum absolute atomic E-state index is 0.0174. The van der Waals surface area contributed by atoms with Crippen molar-refractivity contribution >= 4 is 17.7 Å². The van der Waals surface area contributed by atoms with E-state index >= 15 is 0 Å². The normalized spacial score (nSPS) is 29.0. The Morgan fingerprint density at radius 2 is 2.37 bits per heavy atom. The van der Waals surface area contributed by atoms with Crippen LogP contribution in [0.5, 0.6) is 0 Å². The van der Waals surface area contributed by atoms with Crippen molar-refractivity contribution < 1.29 is 14.6 Å². The molecule has 3 rings (SSSR count). The van der Waals surface area contributed by atoms with Gasteiger partial charge in [0.2, 0.25) is 0 Å². The van der Waals surface area contributed by atoms with E-state index in [1.54, 1.807) is 0 Å². The Kier molecular flexibility index (Phi) is 3.49. The van der Waals surface area contributed by atoms with Gasteiger partial charge in [-0.05, 0) is 19.3 Å². The van der Waals surface area contributed by atoms with Crippen LogP contribution in [0, 0.1) is 0 Å². The molecular formula is C12H17N3O3S. The predicted molar refractivity (Wildman–Crippen MR) is 69.3 cm³/mol. The smallest absolute Gasteiger partial charge is 0.313 e. The van der Waals surface area contributed by atoms with E-state index in [0.717, 1.165) is 31.5 Å². The van der Waals surface area contributed by atoms with E-state index in [9.17, 15) is 4.79 Å². The molecule has 2 aliphatic rings. The summed E-state index contributed by atoms with van der Waals surface area (Å²) in [5.41, 5.74) is 0. The molecule has 2 saturated heterocycles. The van der Waals surface area contributed by atoms with Gasteiger partial charge in [-0.15, -0.1) is 10.2 Å². The van der Waals surface area contributed by atoms with Crippen LogP contribution in [0.25, 0.3) is 0 Å². The van der Waals surface area contributed by atoms with Crippen LogP contribution in [0.4, 0.5) is 0 Å². The zero-order valence-electron chi connectivity index (χ0n) is 10.8.